The number of amides is 1. The first-order chi connectivity index (χ1) is 10.7. The number of carbonyl (C=O) groups excluding carboxylic acids is 1. The van der Waals surface area contributed by atoms with E-state index in [0.717, 1.165) is 47.2 Å². The summed E-state index contributed by atoms with van der Waals surface area (Å²) in [5, 5.41) is 0. The van der Waals surface area contributed by atoms with Gasteiger partial charge in [-0.1, -0.05) is 30.3 Å². The van der Waals surface area contributed by atoms with Crippen molar-refractivity contribution in [3.63, 3.8) is 0 Å². The lowest BCUT2D eigenvalue weighted by Gasteiger charge is -2.34. The van der Waals surface area contributed by atoms with Crippen LogP contribution in [0.15, 0.2) is 47.2 Å². The van der Waals surface area contributed by atoms with Crippen molar-refractivity contribution in [2.75, 3.05) is 18.0 Å². The van der Waals surface area contributed by atoms with Gasteiger partial charge in [-0.25, -0.2) is 0 Å². The minimum absolute atomic E-state index is 0.00274. The number of hydrogen-bond acceptors (Lipinski definition) is 3. The SMILES string of the molecule is NC(=O)C1CCN(c2c(Br)cncc2-c2ccccc2)CC1. The van der Waals surface area contributed by atoms with Crippen LogP contribution in [0.4, 0.5) is 5.69 Å². The van der Waals surface area contributed by atoms with Crippen molar-refractivity contribution >= 4 is 27.5 Å². The molecule has 2 heterocycles. The first kappa shape index (κ1) is 15.0. The van der Waals surface area contributed by atoms with E-state index in [1.54, 1.807) is 0 Å². The molecule has 5 heteroatoms. The minimum atomic E-state index is -0.184. The van der Waals surface area contributed by atoms with Gasteiger partial charge in [0.05, 0.1) is 10.2 Å². The molecule has 0 aliphatic carbocycles. The van der Waals surface area contributed by atoms with Crippen molar-refractivity contribution in [1.29, 1.82) is 0 Å². The molecule has 1 aliphatic heterocycles. The maximum atomic E-state index is 11.3. The summed E-state index contributed by atoms with van der Waals surface area (Å²) in [6.07, 6.45) is 5.33. The summed E-state index contributed by atoms with van der Waals surface area (Å²) >= 11 is 3.63. The molecule has 1 aliphatic rings. The number of halogens is 1. The molecule has 0 spiro atoms. The van der Waals surface area contributed by atoms with Crippen molar-refractivity contribution in [3.05, 3.63) is 47.2 Å². The van der Waals surface area contributed by atoms with Gasteiger partial charge < -0.3 is 10.6 Å². The normalized spacial score (nSPS) is 15.8. The predicted octanol–water partition coefficient (Wildman–Crippen LogP) is 3.21. The monoisotopic (exact) mass is 359 g/mol. The van der Waals surface area contributed by atoms with E-state index in [2.05, 4.69) is 37.9 Å². The van der Waals surface area contributed by atoms with Crippen molar-refractivity contribution < 1.29 is 4.79 Å². The van der Waals surface area contributed by atoms with Gasteiger partial charge in [-0.2, -0.15) is 0 Å². The van der Waals surface area contributed by atoms with E-state index in [0.29, 0.717) is 0 Å². The summed E-state index contributed by atoms with van der Waals surface area (Å²) in [6, 6.07) is 10.2. The van der Waals surface area contributed by atoms with Crippen LogP contribution in [0.2, 0.25) is 0 Å². The molecule has 2 aromatic rings. The number of carbonyl (C=O) groups is 1. The minimum Gasteiger partial charge on any atom is -0.370 e. The van der Waals surface area contributed by atoms with Crippen LogP contribution in [0, 0.1) is 5.92 Å². The van der Waals surface area contributed by atoms with E-state index in [1.165, 1.54) is 0 Å². The number of benzene rings is 1. The Balaban J connectivity index is 1.93. The second-order valence-corrected chi connectivity index (χ2v) is 6.40. The molecule has 3 rings (SSSR count). The third kappa shape index (κ3) is 2.99. The molecule has 2 N–H and O–H groups in total. The molecule has 4 nitrogen and oxygen atoms in total. The lowest BCUT2D eigenvalue weighted by molar-refractivity contribution is -0.122. The Hall–Kier alpha value is -1.88. The molecule has 0 atom stereocenters. The fourth-order valence-corrected chi connectivity index (χ4v) is 3.55. The zero-order valence-electron chi connectivity index (χ0n) is 12.2. The summed E-state index contributed by atoms with van der Waals surface area (Å²) in [7, 11) is 0. The second-order valence-electron chi connectivity index (χ2n) is 5.55. The Labute approximate surface area is 138 Å². The van der Waals surface area contributed by atoms with Crippen molar-refractivity contribution in [2.24, 2.45) is 11.7 Å². The second kappa shape index (κ2) is 6.48. The van der Waals surface area contributed by atoms with Crippen LogP contribution < -0.4 is 10.6 Å². The molecule has 0 radical (unpaired) electrons. The number of pyridine rings is 1. The Morgan fingerprint density at radius 1 is 1.18 bits per heavy atom. The van der Waals surface area contributed by atoms with Gasteiger partial charge in [0.15, 0.2) is 0 Å². The zero-order chi connectivity index (χ0) is 15.5. The summed E-state index contributed by atoms with van der Waals surface area (Å²) in [6.45, 7) is 1.66. The Bertz CT molecular complexity index is 667. The third-order valence-electron chi connectivity index (χ3n) is 4.17. The fourth-order valence-electron chi connectivity index (χ4n) is 2.97. The van der Waals surface area contributed by atoms with E-state index in [4.69, 9.17) is 5.73 Å². The largest absolute Gasteiger partial charge is 0.370 e. The predicted molar refractivity (Wildman–Crippen MR) is 91.5 cm³/mol. The fraction of sp³-hybridized carbons (Fsp3) is 0.294. The van der Waals surface area contributed by atoms with Crippen LogP contribution in [-0.2, 0) is 4.79 Å². The molecule has 1 amide bonds. The van der Waals surface area contributed by atoms with Gasteiger partial charge in [0.1, 0.15) is 0 Å². The Morgan fingerprint density at radius 3 is 2.50 bits per heavy atom. The number of aromatic nitrogens is 1. The molecule has 1 fully saturated rings. The highest BCUT2D eigenvalue weighted by Gasteiger charge is 2.25. The molecule has 0 unspecified atom stereocenters. The molecule has 1 aromatic heterocycles. The molecule has 114 valence electrons. The standard InChI is InChI=1S/C17H18BrN3O/c18-15-11-20-10-14(12-4-2-1-3-5-12)16(15)21-8-6-13(7-9-21)17(19)22/h1-5,10-11,13H,6-9H2,(H2,19,22). The first-order valence-electron chi connectivity index (χ1n) is 7.40. The van der Waals surface area contributed by atoms with Gasteiger partial charge in [-0.15, -0.1) is 0 Å². The van der Waals surface area contributed by atoms with Crippen LogP contribution in [0.5, 0.6) is 0 Å². The van der Waals surface area contributed by atoms with Crippen LogP contribution in [0.25, 0.3) is 11.1 Å². The lowest BCUT2D eigenvalue weighted by Crippen LogP contribution is -2.38. The number of nitrogens with two attached hydrogens (primary N) is 1. The molecule has 1 aromatic carbocycles. The molecular formula is C17H18BrN3O. The van der Waals surface area contributed by atoms with E-state index in [9.17, 15) is 4.79 Å². The maximum Gasteiger partial charge on any atom is 0.220 e. The summed E-state index contributed by atoms with van der Waals surface area (Å²) in [5.74, 6) is -0.186. The number of anilines is 1. The van der Waals surface area contributed by atoms with Crippen molar-refractivity contribution in [3.8, 4) is 11.1 Å². The van der Waals surface area contributed by atoms with Gasteiger partial charge in [0.25, 0.3) is 0 Å². The van der Waals surface area contributed by atoms with Crippen LogP contribution in [0.1, 0.15) is 12.8 Å². The van der Waals surface area contributed by atoms with Crippen LogP contribution in [-0.4, -0.2) is 24.0 Å². The number of hydrogen-bond donors (Lipinski definition) is 1. The molecule has 0 saturated carbocycles. The van der Waals surface area contributed by atoms with Crippen LogP contribution >= 0.6 is 15.9 Å². The van der Waals surface area contributed by atoms with Crippen molar-refractivity contribution in [2.45, 2.75) is 12.8 Å². The average molecular weight is 360 g/mol. The average Bonchev–Trinajstić information content (AvgIpc) is 2.55. The Morgan fingerprint density at radius 2 is 1.86 bits per heavy atom. The smallest absolute Gasteiger partial charge is 0.220 e. The number of primary amides is 1. The van der Waals surface area contributed by atoms with E-state index in [-0.39, 0.29) is 11.8 Å². The number of nitrogens with zero attached hydrogens (tertiary/aromatic N) is 2. The van der Waals surface area contributed by atoms with Gasteiger partial charge in [-0.05, 0) is 34.3 Å². The highest BCUT2D eigenvalue weighted by atomic mass is 79.9. The number of rotatable bonds is 3. The van der Waals surface area contributed by atoms with Gasteiger partial charge >= 0.3 is 0 Å². The maximum absolute atomic E-state index is 11.3. The first-order valence-corrected chi connectivity index (χ1v) is 8.19. The summed E-state index contributed by atoms with van der Waals surface area (Å²) < 4.78 is 0.978. The lowest BCUT2D eigenvalue weighted by atomic mass is 9.95. The molecule has 0 bridgehead atoms. The molecular weight excluding hydrogens is 342 g/mol. The highest BCUT2D eigenvalue weighted by Crippen LogP contribution is 2.38. The van der Waals surface area contributed by atoms with Gasteiger partial charge in [-0.3, -0.25) is 9.78 Å². The van der Waals surface area contributed by atoms with Gasteiger partial charge in [0.2, 0.25) is 5.91 Å². The van der Waals surface area contributed by atoms with Crippen LogP contribution in [0.3, 0.4) is 0 Å². The third-order valence-corrected chi connectivity index (χ3v) is 4.75. The van der Waals surface area contributed by atoms with Crippen molar-refractivity contribution in [1.82, 2.24) is 4.98 Å². The van der Waals surface area contributed by atoms with E-state index >= 15 is 0 Å². The quantitative estimate of drug-likeness (QED) is 0.915. The Kier molecular flexibility index (Phi) is 4.43. The van der Waals surface area contributed by atoms with E-state index in [1.807, 2.05) is 30.6 Å². The summed E-state index contributed by atoms with van der Waals surface area (Å²) in [5.41, 5.74) is 8.81. The summed E-state index contributed by atoms with van der Waals surface area (Å²) in [4.78, 5) is 18.0. The molecule has 1 saturated heterocycles. The van der Waals surface area contributed by atoms with Gasteiger partial charge in [0, 0.05) is 37.0 Å². The number of piperidine rings is 1. The zero-order valence-corrected chi connectivity index (χ0v) is 13.8. The highest BCUT2D eigenvalue weighted by molar-refractivity contribution is 9.10. The molecule has 22 heavy (non-hydrogen) atoms. The topological polar surface area (TPSA) is 59.2 Å². The van der Waals surface area contributed by atoms with E-state index < -0.39 is 0 Å².